The molecule has 0 bridgehead atoms. The van der Waals surface area contributed by atoms with Crippen LogP contribution in [0.15, 0.2) is 0 Å². The molecular formula is C11H20O2. The molecule has 1 saturated heterocycles. The molecule has 2 unspecified atom stereocenters. The Hall–Kier alpha value is -0.530. The second-order valence-corrected chi connectivity index (χ2v) is 3.87. The number of ether oxygens (including phenoxy) is 1. The zero-order chi connectivity index (χ0) is 9.68. The summed E-state index contributed by atoms with van der Waals surface area (Å²) in [5.41, 5.74) is 0. The van der Waals surface area contributed by atoms with Gasteiger partial charge in [0.2, 0.25) is 0 Å². The summed E-state index contributed by atoms with van der Waals surface area (Å²) in [4.78, 5) is 11.1. The smallest absolute Gasteiger partial charge is 0.313 e. The molecule has 0 aliphatic carbocycles. The maximum absolute atomic E-state index is 11.1. The van der Waals surface area contributed by atoms with Gasteiger partial charge in [0.15, 0.2) is 0 Å². The van der Waals surface area contributed by atoms with Crippen LogP contribution in [0.1, 0.15) is 52.4 Å². The number of unbranched alkanes of at least 4 members (excludes halogenated alkanes) is 2. The van der Waals surface area contributed by atoms with Gasteiger partial charge in [0.05, 0.1) is 5.92 Å². The Morgan fingerprint density at radius 3 is 2.46 bits per heavy atom. The van der Waals surface area contributed by atoms with E-state index in [0.29, 0.717) is 0 Å². The van der Waals surface area contributed by atoms with Crippen molar-refractivity contribution in [3.05, 3.63) is 0 Å². The van der Waals surface area contributed by atoms with Crippen molar-refractivity contribution in [2.75, 3.05) is 0 Å². The van der Waals surface area contributed by atoms with Crippen LogP contribution in [-0.2, 0) is 9.53 Å². The van der Waals surface area contributed by atoms with Crippen LogP contribution in [0.2, 0.25) is 0 Å². The number of rotatable bonds is 6. The zero-order valence-electron chi connectivity index (χ0n) is 8.71. The van der Waals surface area contributed by atoms with E-state index in [9.17, 15) is 4.79 Å². The van der Waals surface area contributed by atoms with Crippen LogP contribution < -0.4 is 0 Å². The standard InChI is InChI=1S/C11H20O2/c1-3-5-6-8-9-10(7-4-2)13-11(9)12/h9-10H,3-8H2,1-2H3. The lowest BCUT2D eigenvalue weighted by Crippen LogP contribution is -2.44. The quantitative estimate of drug-likeness (QED) is 0.468. The molecule has 0 aromatic heterocycles. The fourth-order valence-electron chi connectivity index (χ4n) is 1.86. The molecule has 1 aliphatic rings. The van der Waals surface area contributed by atoms with Gasteiger partial charge < -0.3 is 4.74 Å². The fraction of sp³-hybridized carbons (Fsp3) is 0.909. The molecule has 2 heteroatoms. The van der Waals surface area contributed by atoms with Crippen LogP contribution in [0.5, 0.6) is 0 Å². The Morgan fingerprint density at radius 2 is 1.92 bits per heavy atom. The van der Waals surface area contributed by atoms with Gasteiger partial charge in [0.25, 0.3) is 0 Å². The molecular weight excluding hydrogens is 164 g/mol. The summed E-state index contributed by atoms with van der Waals surface area (Å²) in [6.07, 6.45) is 7.08. The van der Waals surface area contributed by atoms with Gasteiger partial charge >= 0.3 is 5.97 Å². The summed E-state index contributed by atoms with van der Waals surface area (Å²) >= 11 is 0. The minimum absolute atomic E-state index is 0.0366. The van der Waals surface area contributed by atoms with E-state index in [1.165, 1.54) is 19.3 Å². The molecule has 1 fully saturated rings. The average molecular weight is 184 g/mol. The number of esters is 1. The topological polar surface area (TPSA) is 26.3 Å². The van der Waals surface area contributed by atoms with Crippen molar-refractivity contribution >= 4 is 5.97 Å². The van der Waals surface area contributed by atoms with Gasteiger partial charge in [0, 0.05) is 0 Å². The molecule has 13 heavy (non-hydrogen) atoms. The maximum atomic E-state index is 11.1. The second kappa shape index (κ2) is 5.25. The van der Waals surface area contributed by atoms with Gasteiger partial charge in [-0.2, -0.15) is 0 Å². The van der Waals surface area contributed by atoms with E-state index in [4.69, 9.17) is 4.74 Å². The van der Waals surface area contributed by atoms with Gasteiger partial charge in [-0.1, -0.05) is 39.5 Å². The average Bonchev–Trinajstić information content (AvgIpc) is 2.12. The molecule has 0 aromatic carbocycles. The van der Waals surface area contributed by atoms with Crippen LogP contribution in [0, 0.1) is 5.92 Å². The molecule has 2 nitrogen and oxygen atoms in total. The van der Waals surface area contributed by atoms with Crippen molar-refractivity contribution in [3.8, 4) is 0 Å². The first-order chi connectivity index (χ1) is 6.29. The Bertz CT molecular complexity index is 165. The van der Waals surface area contributed by atoms with Crippen molar-refractivity contribution in [2.45, 2.75) is 58.5 Å². The summed E-state index contributed by atoms with van der Waals surface area (Å²) in [6, 6.07) is 0. The highest BCUT2D eigenvalue weighted by Crippen LogP contribution is 2.30. The van der Waals surface area contributed by atoms with Crippen LogP contribution >= 0.6 is 0 Å². The Kier molecular flexibility index (Phi) is 4.26. The second-order valence-electron chi connectivity index (χ2n) is 3.87. The SMILES string of the molecule is CCCCCC1C(=O)OC1CCC. The molecule has 76 valence electrons. The minimum Gasteiger partial charge on any atom is -0.461 e. The summed E-state index contributed by atoms with van der Waals surface area (Å²) in [5, 5.41) is 0. The van der Waals surface area contributed by atoms with E-state index in [1.54, 1.807) is 0 Å². The first-order valence-electron chi connectivity index (χ1n) is 5.50. The highest BCUT2D eigenvalue weighted by atomic mass is 16.6. The van der Waals surface area contributed by atoms with E-state index < -0.39 is 0 Å². The molecule has 0 saturated carbocycles. The predicted molar refractivity (Wildman–Crippen MR) is 52.4 cm³/mol. The van der Waals surface area contributed by atoms with E-state index in [0.717, 1.165) is 19.3 Å². The van der Waals surface area contributed by atoms with Crippen molar-refractivity contribution in [2.24, 2.45) is 5.92 Å². The molecule has 1 aliphatic heterocycles. The molecule has 0 amide bonds. The molecule has 1 rings (SSSR count). The van der Waals surface area contributed by atoms with Crippen LogP contribution in [-0.4, -0.2) is 12.1 Å². The van der Waals surface area contributed by atoms with E-state index >= 15 is 0 Å². The summed E-state index contributed by atoms with van der Waals surface area (Å²) in [6.45, 7) is 4.32. The van der Waals surface area contributed by atoms with Crippen molar-refractivity contribution in [1.29, 1.82) is 0 Å². The summed E-state index contributed by atoms with van der Waals surface area (Å²) in [7, 11) is 0. The molecule has 1 heterocycles. The lowest BCUT2D eigenvalue weighted by Gasteiger charge is -2.35. The van der Waals surface area contributed by atoms with Crippen molar-refractivity contribution in [1.82, 2.24) is 0 Å². The first kappa shape index (κ1) is 10.6. The van der Waals surface area contributed by atoms with Gasteiger partial charge in [-0.15, -0.1) is 0 Å². The van der Waals surface area contributed by atoms with Crippen LogP contribution in [0.3, 0.4) is 0 Å². The van der Waals surface area contributed by atoms with E-state index in [-0.39, 0.29) is 18.0 Å². The number of hydrogen-bond acceptors (Lipinski definition) is 2. The van der Waals surface area contributed by atoms with E-state index in [2.05, 4.69) is 13.8 Å². The predicted octanol–water partition coefficient (Wildman–Crippen LogP) is 2.91. The number of cyclic esters (lactones) is 1. The van der Waals surface area contributed by atoms with Crippen molar-refractivity contribution in [3.63, 3.8) is 0 Å². The third-order valence-corrected chi connectivity index (χ3v) is 2.71. The summed E-state index contributed by atoms with van der Waals surface area (Å²) < 4.78 is 5.08. The van der Waals surface area contributed by atoms with Crippen molar-refractivity contribution < 1.29 is 9.53 Å². The Labute approximate surface area is 80.7 Å². The number of hydrogen-bond donors (Lipinski definition) is 0. The zero-order valence-corrected chi connectivity index (χ0v) is 8.71. The van der Waals surface area contributed by atoms with Gasteiger partial charge in [0.1, 0.15) is 6.10 Å². The molecule has 0 aromatic rings. The lowest BCUT2D eigenvalue weighted by molar-refractivity contribution is -0.186. The highest BCUT2D eigenvalue weighted by Gasteiger charge is 2.40. The number of carbonyl (C=O) groups excluding carboxylic acids is 1. The lowest BCUT2D eigenvalue weighted by atomic mass is 9.88. The molecule has 0 N–H and O–H groups in total. The highest BCUT2D eigenvalue weighted by molar-refractivity contribution is 5.78. The maximum Gasteiger partial charge on any atom is 0.313 e. The normalized spacial score (nSPS) is 26.8. The van der Waals surface area contributed by atoms with Crippen LogP contribution in [0.4, 0.5) is 0 Å². The first-order valence-corrected chi connectivity index (χ1v) is 5.50. The Balaban J connectivity index is 2.18. The van der Waals surface area contributed by atoms with Gasteiger partial charge in [-0.3, -0.25) is 4.79 Å². The molecule has 2 atom stereocenters. The number of carbonyl (C=O) groups is 1. The summed E-state index contributed by atoms with van der Waals surface area (Å²) in [5.74, 6) is 0.265. The largest absolute Gasteiger partial charge is 0.461 e. The third-order valence-electron chi connectivity index (χ3n) is 2.71. The third kappa shape index (κ3) is 2.71. The fourth-order valence-corrected chi connectivity index (χ4v) is 1.86. The molecule has 0 spiro atoms. The van der Waals surface area contributed by atoms with Crippen LogP contribution in [0.25, 0.3) is 0 Å². The van der Waals surface area contributed by atoms with Gasteiger partial charge in [-0.05, 0) is 12.8 Å². The van der Waals surface area contributed by atoms with Gasteiger partial charge in [-0.25, -0.2) is 0 Å². The van der Waals surface area contributed by atoms with E-state index in [1.807, 2.05) is 0 Å². The minimum atomic E-state index is 0.0366. The monoisotopic (exact) mass is 184 g/mol. The Morgan fingerprint density at radius 1 is 1.15 bits per heavy atom. The molecule has 0 radical (unpaired) electrons.